The van der Waals surface area contributed by atoms with E-state index in [9.17, 15) is 0 Å². The number of allylic oxidation sites excluding steroid dienone is 11. The monoisotopic (exact) mass is 894 g/mol. The molecule has 6 aliphatic carbocycles. The van der Waals surface area contributed by atoms with Crippen molar-refractivity contribution in [1.29, 1.82) is 0 Å². The van der Waals surface area contributed by atoms with Gasteiger partial charge in [-0.15, -0.1) is 0 Å². The van der Waals surface area contributed by atoms with Crippen LogP contribution in [0, 0.1) is 12.3 Å². The topological polar surface area (TPSA) is 19.0 Å². The average Bonchev–Trinajstić information content (AvgIpc) is 3.95. The Kier molecular flexibility index (Phi) is 9.24. The van der Waals surface area contributed by atoms with Crippen LogP contribution in [-0.2, 0) is 15.6 Å². The molecule has 7 atom stereocenters. The second kappa shape index (κ2) is 14.8. The summed E-state index contributed by atoms with van der Waals surface area (Å²) in [7, 11) is 0. The summed E-state index contributed by atoms with van der Waals surface area (Å²) in [5.41, 5.74) is 24.2. The van der Waals surface area contributed by atoms with E-state index < -0.39 is 0 Å². The molecule has 7 unspecified atom stereocenters. The molecule has 0 amide bonds. The van der Waals surface area contributed by atoms with E-state index in [-0.39, 0.29) is 53.1 Å². The average molecular weight is 894 g/mol. The van der Waals surface area contributed by atoms with Crippen molar-refractivity contribution < 1.29 is 4.74 Å². The van der Waals surface area contributed by atoms with Gasteiger partial charge in [-0.3, -0.25) is 0 Å². The van der Waals surface area contributed by atoms with Crippen LogP contribution in [0.2, 0.25) is 5.82 Å². The van der Waals surface area contributed by atoms with Crippen LogP contribution >= 0.6 is 0 Å². The maximum atomic E-state index is 7.32. The highest BCUT2D eigenvalue weighted by atomic mass is 16.5. The minimum absolute atomic E-state index is 0.00990. The Bertz CT molecular complexity index is 3050. The number of anilines is 4. The van der Waals surface area contributed by atoms with Crippen molar-refractivity contribution in [2.75, 3.05) is 14.7 Å². The summed E-state index contributed by atoms with van der Waals surface area (Å²) in [5.74, 6) is 0.555. The maximum absolute atomic E-state index is 7.32. The molecule has 0 bridgehead atoms. The van der Waals surface area contributed by atoms with Crippen LogP contribution in [0.5, 0.6) is 0 Å². The van der Waals surface area contributed by atoms with E-state index in [4.69, 9.17) is 4.74 Å². The van der Waals surface area contributed by atoms with E-state index in [1.54, 1.807) is 16.7 Å². The van der Waals surface area contributed by atoms with E-state index in [1.807, 2.05) is 0 Å². The summed E-state index contributed by atoms with van der Waals surface area (Å²) in [6, 6.07) is 20.2. The molecule has 3 aromatic carbocycles. The summed E-state index contributed by atoms with van der Waals surface area (Å²) in [6.07, 6.45) is 36.6. The molecule has 10 aliphatic rings. The number of nitrogens with zero attached hydrogens (tertiary/aromatic N) is 3. The van der Waals surface area contributed by atoms with Gasteiger partial charge in [-0.25, -0.2) is 0 Å². The maximum Gasteiger partial charge on any atom is 0.226 e. The van der Waals surface area contributed by atoms with E-state index in [2.05, 4.69) is 211 Å². The SMILES string of the molecule is CC1=CC=CCC1N(C1=CCC2B3c4cc(C(C)(C)C)cc5c4N(c4cc(C(C)(C)C)cc(c43)N(C3C=CC=C4C6=CC=CCC6OC43)C2=C1)C1C5C2=CCCC=C2C1(C)C)c1ccccc1C. The molecule has 68 heavy (non-hydrogen) atoms. The van der Waals surface area contributed by atoms with E-state index in [1.165, 1.54) is 78.5 Å². The third-order valence-electron chi connectivity index (χ3n) is 17.9. The van der Waals surface area contributed by atoms with E-state index >= 15 is 0 Å². The van der Waals surface area contributed by atoms with Gasteiger partial charge in [-0.05, 0) is 142 Å². The number of para-hydroxylation sites is 1. The Balaban J connectivity index is 1.10. The molecule has 1 saturated carbocycles. The smallest absolute Gasteiger partial charge is 0.226 e. The number of ether oxygens (including phenoxy) is 1. The lowest BCUT2D eigenvalue weighted by atomic mass is 9.29. The summed E-state index contributed by atoms with van der Waals surface area (Å²) in [6.45, 7) is 24.5. The fourth-order valence-corrected chi connectivity index (χ4v) is 14.5. The molecule has 4 nitrogen and oxygen atoms in total. The summed E-state index contributed by atoms with van der Waals surface area (Å²) >= 11 is 0. The van der Waals surface area contributed by atoms with E-state index in [0.29, 0.717) is 12.0 Å². The zero-order valence-corrected chi connectivity index (χ0v) is 42.0. The van der Waals surface area contributed by atoms with Gasteiger partial charge in [0, 0.05) is 45.5 Å². The summed E-state index contributed by atoms with van der Waals surface area (Å²) < 4.78 is 7.32. The Labute approximate surface area is 406 Å². The third-order valence-corrected chi connectivity index (χ3v) is 17.9. The van der Waals surface area contributed by atoms with Crippen LogP contribution in [0.15, 0.2) is 167 Å². The lowest BCUT2D eigenvalue weighted by Gasteiger charge is -2.53. The minimum Gasteiger partial charge on any atom is -0.363 e. The molecule has 344 valence electrons. The fraction of sp³-hybridized carbons (Fsp3) is 0.397. The minimum atomic E-state index is -0.0828. The first kappa shape index (κ1) is 42.6. The Morgan fingerprint density at radius 2 is 1.47 bits per heavy atom. The van der Waals surface area contributed by atoms with Gasteiger partial charge in [0.05, 0.1) is 24.2 Å². The number of benzene rings is 3. The quantitative estimate of drug-likeness (QED) is 0.243. The lowest BCUT2D eigenvalue weighted by molar-refractivity contribution is 0.0565. The predicted molar refractivity (Wildman–Crippen MR) is 287 cm³/mol. The first-order valence-corrected chi connectivity index (χ1v) is 26.0. The summed E-state index contributed by atoms with van der Waals surface area (Å²) in [5, 5.41) is 0. The Hall–Kier alpha value is -5.52. The first-order chi connectivity index (χ1) is 32.6. The second-order valence-corrected chi connectivity index (χ2v) is 24.3. The van der Waals surface area contributed by atoms with Crippen LogP contribution < -0.4 is 25.6 Å². The molecule has 13 rings (SSSR count). The van der Waals surface area contributed by atoms with Crippen molar-refractivity contribution in [2.45, 2.75) is 154 Å². The summed E-state index contributed by atoms with van der Waals surface area (Å²) in [4.78, 5) is 8.44. The van der Waals surface area contributed by atoms with Gasteiger partial charge in [0.1, 0.15) is 6.10 Å². The molecule has 3 aromatic rings. The zero-order chi connectivity index (χ0) is 46.8. The molecule has 0 aromatic heterocycles. The first-order valence-electron chi connectivity index (χ1n) is 26.0. The van der Waals surface area contributed by atoms with Gasteiger partial charge in [0.15, 0.2) is 0 Å². The molecule has 0 spiro atoms. The highest BCUT2D eigenvalue weighted by molar-refractivity contribution is 6.91. The van der Waals surface area contributed by atoms with Gasteiger partial charge in [0.2, 0.25) is 6.71 Å². The van der Waals surface area contributed by atoms with Crippen molar-refractivity contribution in [1.82, 2.24) is 0 Å². The van der Waals surface area contributed by atoms with Gasteiger partial charge in [-0.2, -0.15) is 0 Å². The number of fused-ring (bicyclic) bond motifs is 12. The molecule has 4 heterocycles. The predicted octanol–water partition coefficient (Wildman–Crippen LogP) is 13.5. The van der Waals surface area contributed by atoms with Gasteiger partial charge in [0.25, 0.3) is 0 Å². The second-order valence-electron chi connectivity index (χ2n) is 24.3. The Morgan fingerprint density at radius 1 is 0.750 bits per heavy atom. The van der Waals surface area contributed by atoms with Crippen LogP contribution in [-0.4, -0.2) is 37.0 Å². The number of hydrogen-bond acceptors (Lipinski definition) is 4. The van der Waals surface area contributed by atoms with Crippen LogP contribution in [0.4, 0.5) is 22.7 Å². The molecular weight excluding hydrogens is 826 g/mol. The van der Waals surface area contributed by atoms with Gasteiger partial charge in [-0.1, -0.05) is 164 Å². The molecule has 4 aliphatic heterocycles. The van der Waals surface area contributed by atoms with Crippen molar-refractivity contribution in [3.05, 3.63) is 189 Å². The van der Waals surface area contributed by atoms with Crippen LogP contribution in [0.25, 0.3) is 0 Å². The zero-order valence-electron chi connectivity index (χ0n) is 42.0. The van der Waals surface area contributed by atoms with Crippen LogP contribution in [0.3, 0.4) is 0 Å². The van der Waals surface area contributed by atoms with Crippen molar-refractivity contribution in [3.8, 4) is 0 Å². The molecule has 1 saturated heterocycles. The molecule has 0 N–H and O–H groups in total. The van der Waals surface area contributed by atoms with Crippen molar-refractivity contribution in [2.24, 2.45) is 5.41 Å². The highest BCUT2D eigenvalue weighted by Crippen LogP contribution is 2.66. The number of aryl methyl sites for hydroxylation is 1. The van der Waals surface area contributed by atoms with Crippen molar-refractivity contribution in [3.63, 3.8) is 0 Å². The number of hydrogen-bond donors (Lipinski definition) is 0. The molecule has 0 radical (unpaired) electrons. The van der Waals surface area contributed by atoms with Crippen molar-refractivity contribution >= 4 is 40.4 Å². The normalized spacial score (nSPS) is 28.7. The molecule has 5 heteroatoms. The van der Waals surface area contributed by atoms with Gasteiger partial charge >= 0.3 is 0 Å². The molecule has 2 fully saturated rings. The van der Waals surface area contributed by atoms with E-state index in [0.717, 1.165) is 32.1 Å². The largest absolute Gasteiger partial charge is 0.363 e. The molecular formula is C63H68BN3O. The Morgan fingerprint density at radius 3 is 2.25 bits per heavy atom. The number of rotatable bonds is 4. The van der Waals surface area contributed by atoms with Gasteiger partial charge < -0.3 is 19.4 Å². The lowest BCUT2D eigenvalue weighted by Crippen LogP contribution is -2.63. The standard InChI is InChI=1S/C63H68BN3O/c1-37-20-11-16-26-49(37)65(50-27-17-12-21-38(50)2)41-30-31-47-52(36-41)66(51-28-19-24-43-42-22-14-18-29-55(42)68-59(43)51)53-34-40(62(6,7)8)35-54-57(53)64(47)48-33-39(61(3,4)5)32-45-56-44-23-13-15-25-46(44)63(9,10)60(56)67(54)58(45)48/h11-12,14,16-26,28,30,32-36,47,50-51,55-56,59-60H,13,15,27,29,31H2,1-10H3. The fourth-order valence-electron chi connectivity index (χ4n) is 14.5. The third kappa shape index (κ3) is 5.96. The van der Waals surface area contributed by atoms with Crippen LogP contribution in [0.1, 0.15) is 123 Å². The highest BCUT2D eigenvalue weighted by Gasteiger charge is 2.62.